The third kappa shape index (κ3) is 3.26. The van der Waals surface area contributed by atoms with Crippen LogP contribution in [0.5, 0.6) is 0 Å². The van der Waals surface area contributed by atoms with Gasteiger partial charge >= 0.3 is 6.03 Å². The minimum absolute atomic E-state index is 0.0821. The van der Waals surface area contributed by atoms with Crippen molar-refractivity contribution >= 4 is 63.0 Å². The summed E-state index contributed by atoms with van der Waals surface area (Å²) >= 11 is 19.3. The molecule has 1 aromatic heterocycles. The number of alkyl halides is 1. The first-order valence-electron chi connectivity index (χ1n) is 6.79. The fraction of sp³-hybridized carbons (Fsp3) is 0.357. The number of hydrogen-bond acceptors (Lipinski definition) is 4. The van der Waals surface area contributed by atoms with Gasteiger partial charge in [-0.3, -0.25) is 4.90 Å². The van der Waals surface area contributed by atoms with Crippen molar-refractivity contribution in [1.29, 1.82) is 0 Å². The second-order valence-electron chi connectivity index (χ2n) is 5.60. The van der Waals surface area contributed by atoms with E-state index in [4.69, 9.17) is 34.8 Å². The van der Waals surface area contributed by atoms with Crippen LogP contribution < -0.4 is 10.2 Å². The van der Waals surface area contributed by atoms with Crippen LogP contribution in [-0.4, -0.2) is 28.7 Å². The van der Waals surface area contributed by atoms with Crippen molar-refractivity contribution in [2.45, 2.75) is 24.1 Å². The molecule has 2 aromatic rings. The molecule has 2 unspecified atom stereocenters. The van der Waals surface area contributed by atoms with Crippen molar-refractivity contribution in [3.63, 3.8) is 0 Å². The number of hydrogen-bond donors (Lipinski definition) is 1. The topological polar surface area (TPSA) is 58.1 Å². The molecule has 0 bridgehead atoms. The lowest BCUT2D eigenvalue weighted by Gasteiger charge is -2.14. The first kappa shape index (κ1) is 16.8. The Bertz CT molecular complexity index is 768. The second-order valence-corrected chi connectivity index (χ2v) is 7.89. The molecule has 0 spiro atoms. The van der Waals surface area contributed by atoms with Gasteiger partial charge in [-0.2, -0.15) is 0 Å². The van der Waals surface area contributed by atoms with E-state index in [-0.39, 0.29) is 16.8 Å². The molecule has 0 saturated heterocycles. The lowest BCUT2D eigenvalue weighted by molar-refractivity contribution is 0.258. The summed E-state index contributed by atoms with van der Waals surface area (Å²) in [6.07, 6.45) is 0.877. The van der Waals surface area contributed by atoms with Crippen molar-refractivity contribution in [2.75, 3.05) is 17.3 Å². The summed E-state index contributed by atoms with van der Waals surface area (Å²) in [5.74, 6) is 0. The molecule has 0 aliphatic heterocycles. The molecule has 3 rings (SSSR count). The highest BCUT2D eigenvalue weighted by atomic mass is 35.5. The van der Waals surface area contributed by atoms with Gasteiger partial charge in [0.15, 0.2) is 0 Å². The minimum Gasteiger partial charge on any atom is -0.307 e. The van der Waals surface area contributed by atoms with Gasteiger partial charge in [-0.05, 0) is 24.6 Å². The number of urea groups is 1. The predicted octanol–water partition coefficient (Wildman–Crippen LogP) is 4.78. The number of nitrogens with one attached hydrogen (secondary N) is 1. The van der Waals surface area contributed by atoms with Crippen LogP contribution in [0.25, 0.3) is 0 Å². The van der Waals surface area contributed by atoms with Crippen molar-refractivity contribution < 1.29 is 4.79 Å². The number of halogens is 3. The molecular weight excluding hydrogens is 379 g/mol. The zero-order valence-corrected chi connectivity index (χ0v) is 15.4. The number of carbonyl (C=O) groups excluding carboxylic acids is 1. The molecule has 1 heterocycles. The zero-order valence-electron chi connectivity index (χ0n) is 12.3. The van der Waals surface area contributed by atoms with Gasteiger partial charge in [0.05, 0.1) is 10.0 Å². The Morgan fingerprint density at radius 3 is 2.70 bits per heavy atom. The molecule has 5 nitrogen and oxygen atoms in total. The van der Waals surface area contributed by atoms with E-state index >= 15 is 0 Å². The van der Waals surface area contributed by atoms with E-state index in [1.165, 1.54) is 16.2 Å². The molecule has 1 fully saturated rings. The molecule has 1 saturated carbocycles. The molecule has 2 atom stereocenters. The standard InChI is InChI=1S/C14H13Cl3N4OS/c1-14(6-10(14)17)11-19-20-13(23-11)21(2)12(22)18-7-3-4-8(15)9(16)5-7/h3-5,10H,6H2,1-2H3,(H,18,22). The summed E-state index contributed by atoms with van der Waals surface area (Å²) in [7, 11) is 1.63. The maximum atomic E-state index is 12.3. The van der Waals surface area contributed by atoms with Crippen LogP contribution in [-0.2, 0) is 5.41 Å². The van der Waals surface area contributed by atoms with Crippen LogP contribution in [0.4, 0.5) is 15.6 Å². The first-order valence-corrected chi connectivity index (χ1v) is 8.80. The summed E-state index contributed by atoms with van der Waals surface area (Å²) < 4.78 is 0. The number of rotatable bonds is 3. The van der Waals surface area contributed by atoms with E-state index in [0.29, 0.717) is 20.9 Å². The molecule has 1 aromatic carbocycles. The number of carbonyl (C=O) groups is 1. The van der Waals surface area contributed by atoms with E-state index in [1.54, 1.807) is 25.2 Å². The van der Waals surface area contributed by atoms with E-state index in [9.17, 15) is 4.79 Å². The Hall–Kier alpha value is -1.08. The second kappa shape index (κ2) is 6.09. The number of benzene rings is 1. The van der Waals surface area contributed by atoms with Crippen LogP contribution in [0, 0.1) is 0 Å². The molecule has 0 radical (unpaired) electrons. The Morgan fingerprint density at radius 2 is 2.09 bits per heavy atom. The van der Waals surface area contributed by atoms with Gasteiger partial charge in [0.1, 0.15) is 5.01 Å². The maximum absolute atomic E-state index is 12.3. The molecular formula is C14H13Cl3N4OS. The Morgan fingerprint density at radius 1 is 1.39 bits per heavy atom. The molecule has 23 heavy (non-hydrogen) atoms. The summed E-state index contributed by atoms with van der Waals surface area (Å²) in [5.41, 5.74) is 0.425. The van der Waals surface area contributed by atoms with Crippen molar-refractivity contribution in [1.82, 2.24) is 10.2 Å². The van der Waals surface area contributed by atoms with Gasteiger partial charge < -0.3 is 5.32 Å². The maximum Gasteiger partial charge on any atom is 0.327 e. The third-order valence-electron chi connectivity index (χ3n) is 3.80. The van der Waals surface area contributed by atoms with E-state index in [1.807, 2.05) is 6.92 Å². The average molecular weight is 392 g/mol. The quantitative estimate of drug-likeness (QED) is 0.766. The highest BCUT2D eigenvalue weighted by Crippen LogP contribution is 2.53. The number of nitrogens with zero attached hydrogens (tertiary/aromatic N) is 3. The molecule has 122 valence electrons. The lowest BCUT2D eigenvalue weighted by atomic mass is 10.2. The molecule has 1 aliphatic rings. The van der Waals surface area contributed by atoms with Crippen LogP contribution in [0.1, 0.15) is 18.4 Å². The Labute approximate surface area is 152 Å². The highest BCUT2D eigenvalue weighted by molar-refractivity contribution is 7.15. The number of amides is 2. The fourth-order valence-electron chi connectivity index (χ4n) is 1.98. The van der Waals surface area contributed by atoms with Crippen LogP contribution in [0.15, 0.2) is 18.2 Å². The SMILES string of the molecule is CN(C(=O)Nc1ccc(Cl)c(Cl)c1)c1nnc(C2(C)CC2Cl)s1. The summed E-state index contributed by atoms with van der Waals surface area (Å²) in [6.45, 7) is 2.05. The fourth-order valence-corrected chi connectivity index (χ4v) is 3.79. The largest absolute Gasteiger partial charge is 0.327 e. The predicted molar refractivity (Wildman–Crippen MR) is 95.4 cm³/mol. The van der Waals surface area contributed by atoms with Gasteiger partial charge in [-0.25, -0.2) is 4.79 Å². The van der Waals surface area contributed by atoms with Crippen molar-refractivity contribution in [3.8, 4) is 0 Å². The zero-order chi connectivity index (χ0) is 16.8. The number of aromatic nitrogens is 2. The molecule has 1 aliphatic carbocycles. The lowest BCUT2D eigenvalue weighted by Crippen LogP contribution is -2.31. The average Bonchev–Trinajstić information content (AvgIpc) is 2.92. The number of anilines is 2. The first-order chi connectivity index (χ1) is 10.8. The molecule has 2 amide bonds. The van der Waals surface area contributed by atoms with Crippen LogP contribution in [0.2, 0.25) is 10.0 Å². The normalized spacial score (nSPS) is 22.7. The summed E-state index contributed by atoms with van der Waals surface area (Å²) in [5, 5.41) is 13.2. The monoisotopic (exact) mass is 390 g/mol. The van der Waals surface area contributed by atoms with Crippen LogP contribution in [0.3, 0.4) is 0 Å². The smallest absolute Gasteiger partial charge is 0.307 e. The summed E-state index contributed by atoms with van der Waals surface area (Å²) in [6, 6.07) is 4.55. The third-order valence-corrected chi connectivity index (χ3v) is 6.45. The minimum atomic E-state index is -0.338. The Kier molecular flexibility index (Phi) is 4.44. The summed E-state index contributed by atoms with van der Waals surface area (Å²) in [4.78, 5) is 13.7. The van der Waals surface area contributed by atoms with Gasteiger partial charge in [-0.1, -0.05) is 41.5 Å². The van der Waals surface area contributed by atoms with E-state index < -0.39 is 0 Å². The van der Waals surface area contributed by atoms with Gasteiger partial charge in [0.25, 0.3) is 0 Å². The molecule has 1 N–H and O–H groups in total. The van der Waals surface area contributed by atoms with Gasteiger partial charge in [0.2, 0.25) is 5.13 Å². The Balaban J connectivity index is 1.71. The van der Waals surface area contributed by atoms with E-state index in [0.717, 1.165) is 11.4 Å². The van der Waals surface area contributed by atoms with E-state index in [2.05, 4.69) is 15.5 Å². The van der Waals surface area contributed by atoms with Crippen molar-refractivity contribution in [2.24, 2.45) is 0 Å². The highest BCUT2D eigenvalue weighted by Gasteiger charge is 2.53. The van der Waals surface area contributed by atoms with Gasteiger partial charge in [0, 0.05) is 23.5 Å². The molecule has 9 heteroatoms. The van der Waals surface area contributed by atoms with Crippen LogP contribution >= 0.6 is 46.1 Å². The van der Waals surface area contributed by atoms with Crippen molar-refractivity contribution in [3.05, 3.63) is 33.3 Å². The van der Waals surface area contributed by atoms with Gasteiger partial charge in [-0.15, -0.1) is 21.8 Å².